The second-order valence-electron chi connectivity index (χ2n) is 11.4. The van der Waals surface area contributed by atoms with Crippen LogP contribution in [0.1, 0.15) is 71.7 Å². The van der Waals surface area contributed by atoms with Crippen molar-refractivity contribution in [2.75, 3.05) is 33.4 Å². The number of amides is 1. The van der Waals surface area contributed by atoms with Crippen molar-refractivity contribution >= 4 is 23.8 Å². The Morgan fingerprint density at radius 3 is 2.03 bits per heavy atom. The molecule has 1 aromatic carbocycles. The number of esters is 1. The van der Waals surface area contributed by atoms with Gasteiger partial charge in [-0.25, -0.2) is 9.59 Å². The number of ketones is 1. The lowest BCUT2D eigenvalue weighted by Gasteiger charge is -2.31. The number of carbonyl (C=O) groups excluding carboxylic acids is 4. The van der Waals surface area contributed by atoms with E-state index < -0.39 is 29.4 Å². The van der Waals surface area contributed by atoms with Crippen LogP contribution in [0.2, 0.25) is 0 Å². The zero-order valence-electron chi connectivity index (χ0n) is 24.3. The van der Waals surface area contributed by atoms with E-state index in [4.69, 9.17) is 23.8 Å². The molecule has 1 saturated heterocycles. The fourth-order valence-corrected chi connectivity index (χ4v) is 3.62. The number of carbonyl (C=O) groups is 4. The molecule has 11 nitrogen and oxygen atoms in total. The molecule has 0 aliphatic carbocycles. The lowest BCUT2D eigenvalue weighted by molar-refractivity contribution is -0.167. The van der Waals surface area contributed by atoms with Crippen molar-refractivity contribution in [3.63, 3.8) is 0 Å². The van der Waals surface area contributed by atoms with Gasteiger partial charge >= 0.3 is 12.1 Å². The summed E-state index contributed by atoms with van der Waals surface area (Å²) in [5.74, 6) is -0.624. The van der Waals surface area contributed by atoms with Crippen molar-refractivity contribution in [2.45, 2.75) is 84.7 Å². The maximum Gasteiger partial charge on any atom is 0.528 e. The molecule has 1 aliphatic rings. The molecule has 2 rings (SSSR count). The third-order valence-electron chi connectivity index (χ3n) is 5.71. The molecular formula is C28H42N2O9. The van der Waals surface area contributed by atoms with Gasteiger partial charge in [0.15, 0.2) is 12.4 Å². The van der Waals surface area contributed by atoms with E-state index >= 15 is 0 Å². The Bertz CT molecular complexity index is 988. The minimum Gasteiger partial charge on any atom is -0.482 e. The summed E-state index contributed by atoms with van der Waals surface area (Å²) in [6.45, 7) is 12.8. The van der Waals surface area contributed by atoms with Gasteiger partial charge in [-0.1, -0.05) is 0 Å². The number of Topliss-reactive ketones (excluding diaryl/α,β-unsaturated/α-hetero) is 1. The van der Waals surface area contributed by atoms with E-state index in [1.165, 1.54) is 9.96 Å². The van der Waals surface area contributed by atoms with Crippen LogP contribution >= 0.6 is 0 Å². The molecule has 1 aliphatic heterocycles. The van der Waals surface area contributed by atoms with Gasteiger partial charge in [-0.2, -0.15) is 0 Å². The Morgan fingerprint density at radius 2 is 1.49 bits per heavy atom. The number of hydrogen-bond acceptors (Lipinski definition) is 10. The van der Waals surface area contributed by atoms with Gasteiger partial charge in [0.25, 0.3) is 0 Å². The molecule has 0 saturated carbocycles. The van der Waals surface area contributed by atoms with Crippen LogP contribution in [-0.4, -0.2) is 90.5 Å². The number of rotatable bonds is 10. The number of nitrogens with zero attached hydrogens (tertiary/aromatic N) is 2. The number of piperidine rings is 1. The van der Waals surface area contributed by atoms with Crippen molar-refractivity contribution in [3.8, 4) is 5.75 Å². The molecular weight excluding hydrogens is 508 g/mol. The first-order valence-corrected chi connectivity index (χ1v) is 13.1. The molecule has 0 aromatic heterocycles. The fraction of sp³-hybridized carbons (Fsp3) is 0.643. The van der Waals surface area contributed by atoms with Crippen molar-refractivity contribution in [1.29, 1.82) is 0 Å². The van der Waals surface area contributed by atoms with Gasteiger partial charge < -0.3 is 28.7 Å². The Morgan fingerprint density at radius 1 is 0.923 bits per heavy atom. The van der Waals surface area contributed by atoms with E-state index in [-0.39, 0.29) is 31.0 Å². The SMILES string of the molecule is C[C@@H](C(=O)c1ccc(OCC(=O)OC(C)(C)C)cc1)N(C)C(=O)COC1CCN(OC(=O)OC(C)(C)C)CC1. The summed E-state index contributed by atoms with van der Waals surface area (Å²) in [7, 11) is 1.56. The lowest BCUT2D eigenvalue weighted by Crippen LogP contribution is -2.44. The molecule has 0 bridgehead atoms. The number of benzene rings is 1. The average molecular weight is 551 g/mol. The van der Waals surface area contributed by atoms with E-state index in [2.05, 4.69) is 0 Å². The highest BCUT2D eigenvalue weighted by atomic mass is 16.8. The second-order valence-corrected chi connectivity index (χ2v) is 11.4. The quantitative estimate of drug-likeness (QED) is 0.314. The summed E-state index contributed by atoms with van der Waals surface area (Å²) in [5, 5.41) is 1.52. The first-order chi connectivity index (χ1) is 18.0. The van der Waals surface area contributed by atoms with Crippen LogP contribution in [0.25, 0.3) is 0 Å². The number of likely N-dealkylation sites (N-methyl/N-ethyl adjacent to an activating group) is 1. The van der Waals surface area contributed by atoms with Gasteiger partial charge in [0, 0.05) is 25.7 Å². The van der Waals surface area contributed by atoms with Gasteiger partial charge in [0.2, 0.25) is 5.91 Å². The average Bonchev–Trinajstić information content (AvgIpc) is 2.83. The first-order valence-electron chi connectivity index (χ1n) is 13.1. The Labute approximate surface area is 230 Å². The van der Waals surface area contributed by atoms with Gasteiger partial charge in [0.1, 0.15) is 23.6 Å². The Hall–Kier alpha value is -3.18. The largest absolute Gasteiger partial charge is 0.528 e. The molecule has 1 fully saturated rings. The fourth-order valence-electron chi connectivity index (χ4n) is 3.62. The molecule has 218 valence electrons. The van der Waals surface area contributed by atoms with E-state index in [1.54, 1.807) is 79.8 Å². The minimum atomic E-state index is -0.750. The third kappa shape index (κ3) is 11.6. The summed E-state index contributed by atoms with van der Waals surface area (Å²) in [6, 6.07) is 5.65. The normalized spacial score (nSPS) is 15.7. The van der Waals surface area contributed by atoms with Crippen molar-refractivity contribution < 1.29 is 43.0 Å². The highest BCUT2D eigenvalue weighted by Gasteiger charge is 2.28. The minimum absolute atomic E-state index is 0.164. The van der Waals surface area contributed by atoms with Crippen molar-refractivity contribution in [3.05, 3.63) is 29.8 Å². The summed E-state index contributed by atoms with van der Waals surface area (Å²) in [6.07, 6.45) is 0.244. The van der Waals surface area contributed by atoms with Gasteiger partial charge in [-0.05, 0) is 85.6 Å². The first kappa shape index (κ1) is 32.0. The van der Waals surface area contributed by atoms with Crippen LogP contribution in [0.4, 0.5) is 4.79 Å². The predicted octanol–water partition coefficient (Wildman–Crippen LogP) is 3.78. The van der Waals surface area contributed by atoms with E-state index in [0.717, 1.165) is 0 Å². The summed E-state index contributed by atoms with van der Waals surface area (Å²) in [5.41, 5.74) is -0.827. The standard InChI is InChI=1S/C28H42N2O9/c1-19(25(33)20-9-11-21(12-10-20)36-18-24(32)37-27(2,3)4)29(8)23(31)17-35-22-13-15-30(16-14-22)39-26(34)38-28(5,6)7/h9-12,19,22H,13-18H2,1-8H3/t19-/m0/s1. The van der Waals surface area contributed by atoms with E-state index in [1.807, 2.05) is 0 Å². The maximum atomic E-state index is 12.9. The molecule has 0 N–H and O–H groups in total. The molecule has 0 unspecified atom stereocenters. The Balaban J connectivity index is 1.76. The molecule has 1 amide bonds. The second kappa shape index (κ2) is 13.7. The van der Waals surface area contributed by atoms with Crippen LogP contribution in [0.5, 0.6) is 5.75 Å². The van der Waals surface area contributed by atoms with Gasteiger partial charge in [-0.15, -0.1) is 5.06 Å². The van der Waals surface area contributed by atoms with Crippen LogP contribution in [0, 0.1) is 0 Å². The van der Waals surface area contributed by atoms with E-state index in [0.29, 0.717) is 37.2 Å². The number of hydroxylamine groups is 2. The highest BCUT2D eigenvalue weighted by molar-refractivity contribution is 6.01. The molecule has 0 spiro atoms. The van der Waals surface area contributed by atoms with Gasteiger partial charge in [0.05, 0.1) is 12.1 Å². The summed E-state index contributed by atoms with van der Waals surface area (Å²) < 4.78 is 21.6. The zero-order valence-corrected chi connectivity index (χ0v) is 24.3. The third-order valence-corrected chi connectivity index (χ3v) is 5.71. The Kier molecular flexibility index (Phi) is 11.3. The number of ether oxygens (including phenoxy) is 4. The molecule has 0 radical (unpaired) electrons. The van der Waals surface area contributed by atoms with Crippen LogP contribution in [0.3, 0.4) is 0 Å². The topological polar surface area (TPSA) is 121 Å². The van der Waals surface area contributed by atoms with Crippen molar-refractivity contribution in [1.82, 2.24) is 9.96 Å². The predicted molar refractivity (Wildman–Crippen MR) is 142 cm³/mol. The van der Waals surface area contributed by atoms with Crippen LogP contribution < -0.4 is 4.74 Å². The smallest absolute Gasteiger partial charge is 0.482 e. The van der Waals surface area contributed by atoms with Crippen LogP contribution in [-0.2, 0) is 28.6 Å². The van der Waals surface area contributed by atoms with E-state index in [9.17, 15) is 19.2 Å². The molecule has 11 heteroatoms. The van der Waals surface area contributed by atoms with Gasteiger partial charge in [-0.3, -0.25) is 9.59 Å². The molecule has 39 heavy (non-hydrogen) atoms. The molecule has 1 heterocycles. The summed E-state index contributed by atoms with van der Waals surface area (Å²) >= 11 is 0. The molecule has 1 aromatic rings. The highest BCUT2D eigenvalue weighted by Crippen LogP contribution is 2.18. The summed E-state index contributed by atoms with van der Waals surface area (Å²) in [4.78, 5) is 55.8. The van der Waals surface area contributed by atoms with Crippen LogP contribution in [0.15, 0.2) is 24.3 Å². The lowest BCUT2D eigenvalue weighted by atomic mass is 10.0. The molecule has 1 atom stereocenters. The van der Waals surface area contributed by atoms with Crippen molar-refractivity contribution in [2.24, 2.45) is 0 Å². The maximum absolute atomic E-state index is 12.9. The zero-order chi connectivity index (χ0) is 29.4. The number of hydrogen-bond donors (Lipinski definition) is 0. The monoisotopic (exact) mass is 550 g/mol.